The van der Waals surface area contributed by atoms with Gasteiger partial charge in [-0.1, -0.05) is 0 Å². The largest absolute Gasteiger partial charge is 0.394 e. The fraction of sp³-hybridized carbons (Fsp3) is 0.929. The molecule has 0 radical (unpaired) electrons. The van der Waals surface area contributed by atoms with E-state index in [1.807, 2.05) is 0 Å². The first kappa shape index (κ1) is 41.9. The molecule has 14 N–H and O–H groups in total. The molecule has 4 aliphatic rings. The molecule has 0 aliphatic carbocycles. The van der Waals surface area contributed by atoms with Gasteiger partial charge in [0.25, 0.3) is 0 Å². The molecule has 0 aromatic rings. The summed E-state index contributed by atoms with van der Waals surface area (Å²) in [7, 11) is 0. The third-order valence-electron chi connectivity index (χ3n) is 9.01. The lowest BCUT2D eigenvalue weighted by Crippen LogP contribution is -2.70. The number of hydrogen-bond acceptors (Lipinski definition) is 21. The molecule has 2 amide bonds. The third-order valence-corrected chi connectivity index (χ3v) is 9.01. The van der Waals surface area contributed by atoms with Crippen molar-refractivity contribution in [2.45, 2.75) is 137 Å². The Kier molecular flexibility index (Phi) is 14.8. The molecule has 20 atom stereocenters. The van der Waals surface area contributed by atoms with Crippen LogP contribution in [0, 0.1) is 0 Å². The molecule has 4 heterocycles. The predicted octanol–water partition coefficient (Wildman–Crippen LogP) is -9.46. The molecular formula is C28H48N2O21. The molecule has 296 valence electrons. The molecule has 0 bridgehead atoms. The second-order valence-electron chi connectivity index (χ2n) is 12.6. The highest BCUT2D eigenvalue weighted by Gasteiger charge is 2.56. The SMILES string of the molecule is CC(=O)N[C@H]1[C@H](O[C@H]2[C@@H](O)[C@@H](CO)O[C@@H](O[C@H]3[C@@H](O)[C@@H](CO)OC(O)[C@@H]3NC(C)=O)[C@@H]2O)O[C@H](CO)[C@@H](O)[C@@H]1O[C@@H]1O[C@H](CO)[C@H](O)[C@H](O)[C@H]1O. The number of nitrogens with one attached hydrogen (secondary N) is 2. The molecule has 4 aliphatic heterocycles. The summed E-state index contributed by atoms with van der Waals surface area (Å²) >= 11 is 0. The Morgan fingerprint density at radius 3 is 1.33 bits per heavy atom. The Labute approximate surface area is 289 Å². The quantitative estimate of drug-likeness (QED) is 0.0881. The van der Waals surface area contributed by atoms with E-state index in [1.54, 1.807) is 0 Å². The maximum atomic E-state index is 12.3. The Hall–Kier alpha value is -1.82. The molecular weight excluding hydrogens is 700 g/mol. The minimum Gasteiger partial charge on any atom is -0.394 e. The summed E-state index contributed by atoms with van der Waals surface area (Å²) in [5, 5.41) is 130. The first-order valence-corrected chi connectivity index (χ1v) is 16.1. The van der Waals surface area contributed by atoms with Crippen LogP contribution in [0.2, 0.25) is 0 Å². The van der Waals surface area contributed by atoms with Crippen LogP contribution in [0.5, 0.6) is 0 Å². The van der Waals surface area contributed by atoms with Crippen LogP contribution in [-0.2, 0) is 42.7 Å². The molecule has 51 heavy (non-hydrogen) atoms. The van der Waals surface area contributed by atoms with Gasteiger partial charge in [0.05, 0.1) is 26.4 Å². The van der Waals surface area contributed by atoms with E-state index < -0.39 is 161 Å². The average molecular weight is 749 g/mol. The molecule has 4 rings (SSSR count). The summed E-state index contributed by atoms with van der Waals surface area (Å²) in [6, 6.07) is -3.11. The zero-order valence-corrected chi connectivity index (χ0v) is 27.4. The second-order valence-corrected chi connectivity index (χ2v) is 12.6. The minimum atomic E-state index is -2.06. The van der Waals surface area contributed by atoms with Gasteiger partial charge in [0.2, 0.25) is 11.8 Å². The Balaban J connectivity index is 1.63. The van der Waals surface area contributed by atoms with Crippen molar-refractivity contribution in [3.8, 4) is 0 Å². The third kappa shape index (κ3) is 9.11. The van der Waals surface area contributed by atoms with Gasteiger partial charge in [-0.25, -0.2) is 0 Å². The van der Waals surface area contributed by atoms with Crippen LogP contribution in [0.1, 0.15) is 13.8 Å². The lowest BCUT2D eigenvalue weighted by molar-refractivity contribution is -0.375. The fourth-order valence-corrected chi connectivity index (χ4v) is 6.34. The first-order valence-electron chi connectivity index (χ1n) is 16.1. The van der Waals surface area contributed by atoms with Gasteiger partial charge in [0.1, 0.15) is 97.5 Å². The zero-order chi connectivity index (χ0) is 37.9. The Bertz CT molecular complexity index is 1140. The van der Waals surface area contributed by atoms with Crippen molar-refractivity contribution in [1.82, 2.24) is 10.6 Å². The number of ether oxygens (including phenoxy) is 7. The van der Waals surface area contributed by atoms with Crippen LogP contribution in [0.25, 0.3) is 0 Å². The van der Waals surface area contributed by atoms with E-state index in [2.05, 4.69) is 10.6 Å². The number of amides is 2. The maximum absolute atomic E-state index is 12.3. The number of carbonyl (C=O) groups excluding carboxylic acids is 2. The summed E-state index contributed by atoms with van der Waals surface area (Å²) in [6.45, 7) is -1.32. The Morgan fingerprint density at radius 2 is 0.843 bits per heavy atom. The van der Waals surface area contributed by atoms with E-state index in [1.165, 1.54) is 0 Å². The summed E-state index contributed by atoms with van der Waals surface area (Å²) in [4.78, 5) is 24.2. The fourth-order valence-electron chi connectivity index (χ4n) is 6.34. The minimum absolute atomic E-state index is 0.694. The number of carbonyl (C=O) groups is 2. The standard InChI is InChI=1S/C28H48N2O21/c1-7(35)29-13-22(16(38)10(4-32)45-25(13)44)49-28-21(43)24(18(40)12(6-34)48-28)51-26-14(30-8(2)36)23(17(39)11(5-33)46-26)50-27-20(42)19(41)15(37)9(3-31)47-27/h9-28,31-34,37-44H,3-6H2,1-2H3,(H,29,35)(H,30,36)/t9-,10-,11-,12-,13-,14-,15+,16+,17-,18+,19+,20-,21-,22-,23-,24+,25?,26+,27+,28+/m1/s1. The highest BCUT2D eigenvalue weighted by Crippen LogP contribution is 2.34. The predicted molar refractivity (Wildman–Crippen MR) is 157 cm³/mol. The van der Waals surface area contributed by atoms with Gasteiger partial charge >= 0.3 is 0 Å². The molecule has 1 unspecified atom stereocenters. The summed E-state index contributed by atoms with van der Waals surface area (Å²) < 4.78 is 39.2. The summed E-state index contributed by atoms with van der Waals surface area (Å²) in [5.41, 5.74) is 0. The van der Waals surface area contributed by atoms with Crippen LogP contribution >= 0.6 is 0 Å². The number of aliphatic hydroxyl groups excluding tert-OH is 12. The van der Waals surface area contributed by atoms with E-state index in [4.69, 9.17) is 33.2 Å². The lowest BCUT2D eigenvalue weighted by atomic mass is 9.94. The average Bonchev–Trinajstić information content (AvgIpc) is 3.08. The van der Waals surface area contributed by atoms with Crippen molar-refractivity contribution >= 4 is 11.8 Å². The number of hydrogen-bond donors (Lipinski definition) is 14. The molecule has 0 aromatic heterocycles. The number of aliphatic hydroxyl groups is 12. The van der Waals surface area contributed by atoms with E-state index in [0.29, 0.717) is 0 Å². The van der Waals surface area contributed by atoms with Crippen LogP contribution in [0.15, 0.2) is 0 Å². The van der Waals surface area contributed by atoms with Gasteiger partial charge in [-0.05, 0) is 0 Å². The monoisotopic (exact) mass is 748 g/mol. The Morgan fingerprint density at radius 1 is 0.471 bits per heavy atom. The molecule has 23 nitrogen and oxygen atoms in total. The van der Waals surface area contributed by atoms with Crippen LogP contribution in [0.4, 0.5) is 0 Å². The highest BCUT2D eigenvalue weighted by molar-refractivity contribution is 5.73. The molecule has 4 fully saturated rings. The van der Waals surface area contributed by atoms with Gasteiger partial charge in [-0.15, -0.1) is 0 Å². The van der Waals surface area contributed by atoms with Crippen molar-refractivity contribution in [2.75, 3.05) is 26.4 Å². The van der Waals surface area contributed by atoms with Gasteiger partial charge in [-0.3, -0.25) is 9.59 Å². The smallest absolute Gasteiger partial charge is 0.217 e. The molecule has 0 spiro atoms. The van der Waals surface area contributed by atoms with E-state index in [9.17, 15) is 70.9 Å². The van der Waals surface area contributed by atoms with Gasteiger partial charge in [0, 0.05) is 13.8 Å². The van der Waals surface area contributed by atoms with Crippen molar-refractivity contribution in [2.24, 2.45) is 0 Å². The van der Waals surface area contributed by atoms with Crippen molar-refractivity contribution < 1.29 is 104 Å². The van der Waals surface area contributed by atoms with Gasteiger partial charge < -0.3 is 105 Å². The lowest BCUT2D eigenvalue weighted by Gasteiger charge is -2.50. The normalized spacial score (nSPS) is 47.8. The van der Waals surface area contributed by atoms with E-state index in [0.717, 1.165) is 13.8 Å². The first-order chi connectivity index (χ1) is 24.1. The van der Waals surface area contributed by atoms with Crippen molar-refractivity contribution in [1.29, 1.82) is 0 Å². The molecule has 23 heteroatoms. The molecule has 4 saturated heterocycles. The zero-order valence-electron chi connectivity index (χ0n) is 27.4. The van der Waals surface area contributed by atoms with E-state index >= 15 is 0 Å². The van der Waals surface area contributed by atoms with Gasteiger partial charge in [0.15, 0.2) is 25.2 Å². The van der Waals surface area contributed by atoms with Crippen LogP contribution < -0.4 is 10.6 Å². The maximum Gasteiger partial charge on any atom is 0.217 e. The van der Waals surface area contributed by atoms with E-state index in [-0.39, 0.29) is 0 Å². The van der Waals surface area contributed by atoms with Crippen molar-refractivity contribution in [3.05, 3.63) is 0 Å². The highest BCUT2D eigenvalue weighted by atomic mass is 16.8. The summed E-state index contributed by atoms with van der Waals surface area (Å²) in [5.74, 6) is -1.47. The van der Waals surface area contributed by atoms with Crippen molar-refractivity contribution in [3.63, 3.8) is 0 Å². The van der Waals surface area contributed by atoms with Crippen LogP contribution in [-0.4, -0.2) is 222 Å². The topological polar surface area (TPSA) is 366 Å². The second kappa shape index (κ2) is 18.0. The molecule has 0 aromatic carbocycles. The van der Waals surface area contributed by atoms with Gasteiger partial charge in [-0.2, -0.15) is 0 Å². The number of rotatable bonds is 12. The molecule has 0 saturated carbocycles. The summed E-state index contributed by atoms with van der Waals surface area (Å²) in [6.07, 6.45) is -31.9. The van der Waals surface area contributed by atoms with Crippen LogP contribution in [0.3, 0.4) is 0 Å².